The largest absolute Gasteiger partial charge is 0.478 e. The van der Waals surface area contributed by atoms with Gasteiger partial charge >= 0.3 is 11.9 Å². The number of esters is 1. The van der Waals surface area contributed by atoms with Crippen molar-refractivity contribution in [1.29, 1.82) is 0 Å². The molecule has 23 heavy (non-hydrogen) atoms. The third kappa shape index (κ3) is 3.06. The van der Waals surface area contributed by atoms with E-state index in [1.54, 1.807) is 42.5 Å². The summed E-state index contributed by atoms with van der Waals surface area (Å²) in [5, 5.41) is 11.0. The van der Waals surface area contributed by atoms with Gasteiger partial charge in [-0.15, -0.1) is 0 Å². The van der Waals surface area contributed by atoms with Crippen LogP contribution in [0.1, 0.15) is 22.0 Å². The first-order valence-corrected chi connectivity index (χ1v) is 7.13. The molecule has 4 nitrogen and oxygen atoms in total. The Morgan fingerprint density at radius 2 is 1.48 bits per heavy atom. The third-order valence-corrected chi connectivity index (χ3v) is 3.56. The molecule has 0 aliphatic rings. The van der Waals surface area contributed by atoms with Gasteiger partial charge in [-0.3, -0.25) is 0 Å². The fraction of sp³-hybridized carbons (Fsp3) is 0.0526. The van der Waals surface area contributed by atoms with Gasteiger partial charge in [0.25, 0.3) is 0 Å². The summed E-state index contributed by atoms with van der Waals surface area (Å²) < 4.78 is 5.25. The van der Waals surface area contributed by atoms with Crippen LogP contribution in [-0.4, -0.2) is 17.0 Å². The highest BCUT2D eigenvalue weighted by atomic mass is 16.6. The van der Waals surface area contributed by atoms with Crippen molar-refractivity contribution in [1.82, 2.24) is 0 Å². The van der Waals surface area contributed by atoms with Crippen LogP contribution < -0.4 is 0 Å². The van der Waals surface area contributed by atoms with Crippen LogP contribution >= 0.6 is 0 Å². The molecule has 0 saturated heterocycles. The minimum Gasteiger partial charge on any atom is -0.478 e. The Bertz CT molecular complexity index is 850. The summed E-state index contributed by atoms with van der Waals surface area (Å²) in [7, 11) is 0. The third-order valence-electron chi connectivity index (χ3n) is 3.56. The van der Waals surface area contributed by atoms with E-state index in [0.29, 0.717) is 11.1 Å². The quantitative estimate of drug-likeness (QED) is 0.744. The number of carboxylic acids is 1. The molecule has 0 spiro atoms. The van der Waals surface area contributed by atoms with Crippen molar-refractivity contribution in [2.75, 3.05) is 0 Å². The topological polar surface area (TPSA) is 63.6 Å². The van der Waals surface area contributed by atoms with E-state index in [-0.39, 0.29) is 0 Å². The first-order chi connectivity index (χ1) is 11.2. The zero-order chi connectivity index (χ0) is 16.2. The molecular formula is C19H14O4. The number of fused-ring (bicyclic) bond motifs is 1. The summed E-state index contributed by atoms with van der Waals surface area (Å²) in [6.07, 6.45) is -1.33. The number of hydrogen-bond donors (Lipinski definition) is 1. The molecular weight excluding hydrogens is 292 g/mol. The Kier molecular flexibility index (Phi) is 4.06. The molecule has 0 aliphatic carbocycles. The lowest BCUT2D eigenvalue weighted by Gasteiger charge is -2.15. The van der Waals surface area contributed by atoms with E-state index in [1.807, 2.05) is 30.3 Å². The van der Waals surface area contributed by atoms with Crippen LogP contribution in [0.15, 0.2) is 72.8 Å². The summed E-state index contributed by atoms with van der Waals surface area (Å²) in [5.74, 6) is -1.86. The molecule has 3 aromatic rings. The first kappa shape index (κ1) is 14.8. The zero-order valence-corrected chi connectivity index (χ0v) is 12.2. The lowest BCUT2D eigenvalue weighted by molar-refractivity contribution is -0.147. The van der Waals surface area contributed by atoms with E-state index >= 15 is 0 Å². The van der Waals surface area contributed by atoms with Gasteiger partial charge in [0, 0.05) is 5.56 Å². The number of rotatable bonds is 4. The van der Waals surface area contributed by atoms with Crippen molar-refractivity contribution in [3.05, 3.63) is 83.9 Å². The van der Waals surface area contributed by atoms with Gasteiger partial charge in [0.1, 0.15) is 0 Å². The summed E-state index contributed by atoms with van der Waals surface area (Å²) in [5.41, 5.74) is 0.777. The smallest absolute Gasteiger partial charge is 0.349 e. The fourth-order valence-corrected chi connectivity index (χ4v) is 2.46. The number of carbonyl (C=O) groups excluding carboxylic acids is 1. The van der Waals surface area contributed by atoms with Crippen LogP contribution in [0.25, 0.3) is 10.8 Å². The predicted octanol–water partition coefficient (Wildman–Crippen LogP) is 3.82. The van der Waals surface area contributed by atoms with Gasteiger partial charge in [0.15, 0.2) is 0 Å². The highest BCUT2D eigenvalue weighted by molar-refractivity contribution is 6.05. The fourth-order valence-electron chi connectivity index (χ4n) is 2.46. The number of benzene rings is 3. The normalized spacial score (nSPS) is 11.8. The lowest BCUT2D eigenvalue weighted by Crippen LogP contribution is -2.19. The van der Waals surface area contributed by atoms with E-state index in [0.717, 1.165) is 10.8 Å². The highest BCUT2D eigenvalue weighted by Gasteiger charge is 2.25. The molecule has 0 aromatic heterocycles. The van der Waals surface area contributed by atoms with E-state index in [9.17, 15) is 14.7 Å². The summed E-state index contributed by atoms with van der Waals surface area (Å²) in [6, 6.07) is 21.1. The van der Waals surface area contributed by atoms with Gasteiger partial charge < -0.3 is 9.84 Å². The van der Waals surface area contributed by atoms with Gasteiger partial charge in [-0.1, -0.05) is 66.7 Å². The maximum atomic E-state index is 12.5. The van der Waals surface area contributed by atoms with Gasteiger partial charge in [0.05, 0.1) is 5.56 Å². The Balaban J connectivity index is 1.94. The van der Waals surface area contributed by atoms with Gasteiger partial charge in [-0.2, -0.15) is 0 Å². The van der Waals surface area contributed by atoms with E-state index in [2.05, 4.69) is 0 Å². The second-order valence-corrected chi connectivity index (χ2v) is 5.06. The van der Waals surface area contributed by atoms with E-state index < -0.39 is 18.0 Å². The molecule has 0 fully saturated rings. The number of ether oxygens (including phenoxy) is 1. The van der Waals surface area contributed by atoms with Gasteiger partial charge in [0.2, 0.25) is 6.10 Å². The van der Waals surface area contributed by atoms with Crippen LogP contribution in [0.3, 0.4) is 0 Å². The summed E-state index contributed by atoms with van der Waals surface area (Å²) in [6.45, 7) is 0. The number of carboxylic acid groups (broad SMARTS) is 1. The molecule has 114 valence electrons. The molecule has 0 bridgehead atoms. The average molecular weight is 306 g/mol. The number of aliphatic carboxylic acids is 1. The molecule has 0 heterocycles. The molecule has 0 amide bonds. The second-order valence-electron chi connectivity index (χ2n) is 5.06. The van der Waals surface area contributed by atoms with Crippen molar-refractivity contribution in [3.63, 3.8) is 0 Å². The molecule has 4 heteroatoms. The molecule has 0 saturated carbocycles. The Labute approximate surface area is 132 Å². The Morgan fingerprint density at radius 1 is 0.826 bits per heavy atom. The molecule has 3 aromatic carbocycles. The molecule has 1 N–H and O–H groups in total. The van der Waals surface area contributed by atoms with Crippen molar-refractivity contribution in [2.45, 2.75) is 6.10 Å². The van der Waals surface area contributed by atoms with Crippen LogP contribution in [0, 0.1) is 0 Å². The van der Waals surface area contributed by atoms with E-state index in [1.165, 1.54) is 0 Å². The lowest BCUT2D eigenvalue weighted by atomic mass is 10.0. The number of hydrogen-bond acceptors (Lipinski definition) is 3. The molecule has 3 rings (SSSR count). The van der Waals surface area contributed by atoms with Crippen molar-refractivity contribution >= 4 is 22.7 Å². The van der Waals surface area contributed by atoms with Crippen LogP contribution in [0.4, 0.5) is 0 Å². The summed E-state index contributed by atoms with van der Waals surface area (Å²) in [4.78, 5) is 23.9. The highest BCUT2D eigenvalue weighted by Crippen LogP contribution is 2.23. The standard InChI is InChI=1S/C19H14O4/c20-18(21)17(14-8-2-1-3-9-14)23-19(22)16-12-6-10-13-7-4-5-11-15(13)16/h1-12,17H,(H,20,21). The molecule has 0 aliphatic heterocycles. The van der Waals surface area contributed by atoms with E-state index in [4.69, 9.17) is 4.74 Å². The van der Waals surface area contributed by atoms with Crippen molar-refractivity contribution in [2.24, 2.45) is 0 Å². The first-order valence-electron chi connectivity index (χ1n) is 7.13. The summed E-state index contributed by atoms with van der Waals surface area (Å²) >= 11 is 0. The SMILES string of the molecule is O=C(OC(C(=O)O)c1ccccc1)c1cccc2ccccc12. The predicted molar refractivity (Wildman–Crippen MR) is 86.2 cm³/mol. The molecule has 1 unspecified atom stereocenters. The molecule has 1 atom stereocenters. The van der Waals surface area contributed by atoms with Gasteiger partial charge in [-0.05, 0) is 16.8 Å². The monoisotopic (exact) mass is 306 g/mol. The van der Waals surface area contributed by atoms with Crippen molar-refractivity contribution < 1.29 is 19.4 Å². The minimum atomic E-state index is -1.33. The average Bonchev–Trinajstić information content (AvgIpc) is 2.59. The maximum Gasteiger partial charge on any atom is 0.349 e. The Morgan fingerprint density at radius 3 is 2.22 bits per heavy atom. The maximum absolute atomic E-state index is 12.5. The Hall–Kier alpha value is -3.14. The number of carbonyl (C=O) groups is 2. The zero-order valence-electron chi connectivity index (χ0n) is 12.2. The van der Waals surface area contributed by atoms with Crippen LogP contribution in [-0.2, 0) is 9.53 Å². The van der Waals surface area contributed by atoms with Crippen LogP contribution in [0.5, 0.6) is 0 Å². The second kappa shape index (κ2) is 6.32. The minimum absolute atomic E-state index is 0.352. The van der Waals surface area contributed by atoms with Crippen molar-refractivity contribution in [3.8, 4) is 0 Å². The van der Waals surface area contributed by atoms with Crippen LogP contribution in [0.2, 0.25) is 0 Å². The molecule has 0 radical (unpaired) electrons. The van der Waals surface area contributed by atoms with Gasteiger partial charge in [-0.25, -0.2) is 9.59 Å².